The van der Waals surface area contributed by atoms with Crippen LogP contribution in [0.15, 0.2) is 53.4 Å². The van der Waals surface area contributed by atoms with Crippen molar-refractivity contribution in [1.82, 2.24) is 9.62 Å². The summed E-state index contributed by atoms with van der Waals surface area (Å²) >= 11 is 0. The number of carbonyl (C=O) groups is 1. The average Bonchev–Trinajstić information content (AvgIpc) is 3.33. The molecule has 1 aliphatic heterocycles. The summed E-state index contributed by atoms with van der Waals surface area (Å²) in [7, 11) is -4.28. The fourth-order valence-corrected chi connectivity index (χ4v) is 5.53. The molecule has 2 aromatic carbocycles. The predicted molar refractivity (Wildman–Crippen MR) is 129 cm³/mol. The number of nitrogens with one attached hydrogen (secondary N) is 1. The molecule has 3 rings (SSSR count). The fraction of sp³-hybridized carbons (Fsp3) is 0.480. The third-order valence-corrected chi connectivity index (χ3v) is 7.54. The van der Waals surface area contributed by atoms with E-state index in [9.17, 15) is 27.1 Å². The first-order valence-corrected chi connectivity index (χ1v) is 13.2. The van der Waals surface area contributed by atoms with Gasteiger partial charge in [0, 0.05) is 19.5 Å². The van der Waals surface area contributed by atoms with E-state index in [0.717, 1.165) is 22.0 Å². The van der Waals surface area contributed by atoms with Crippen molar-refractivity contribution in [2.24, 2.45) is 5.92 Å². The zero-order valence-electron chi connectivity index (χ0n) is 20.3. The molecule has 2 aromatic rings. The van der Waals surface area contributed by atoms with Gasteiger partial charge >= 0.3 is 6.09 Å². The molecule has 0 aromatic heterocycles. The van der Waals surface area contributed by atoms with Crippen molar-refractivity contribution in [3.63, 3.8) is 0 Å². The number of halogens is 2. The van der Waals surface area contributed by atoms with Gasteiger partial charge in [-0.15, -0.1) is 0 Å². The molecular formula is C25H32F2N2O6S. The molecule has 11 heteroatoms. The Hall–Kier alpha value is -2.60. The Labute approximate surface area is 210 Å². The third-order valence-electron chi connectivity index (χ3n) is 5.72. The zero-order chi connectivity index (χ0) is 26.3. The van der Waals surface area contributed by atoms with E-state index in [-0.39, 0.29) is 32.0 Å². The second-order valence-corrected chi connectivity index (χ2v) is 11.1. The smallest absolute Gasteiger partial charge is 0.407 e. The van der Waals surface area contributed by atoms with Crippen LogP contribution in [0.1, 0.15) is 25.8 Å². The van der Waals surface area contributed by atoms with E-state index in [1.54, 1.807) is 13.8 Å². The highest BCUT2D eigenvalue weighted by Gasteiger charge is 2.32. The van der Waals surface area contributed by atoms with Gasteiger partial charge in [-0.05, 0) is 36.1 Å². The molecule has 1 aliphatic rings. The van der Waals surface area contributed by atoms with E-state index in [4.69, 9.17) is 9.47 Å². The molecule has 198 valence electrons. The number of rotatable bonds is 11. The minimum atomic E-state index is -4.28. The summed E-state index contributed by atoms with van der Waals surface area (Å²) in [5.41, 5.74) is 0.810. The van der Waals surface area contributed by atoms with Crippen LogP contribution >= 0.6 is 0 Å². The van der Waals surface area contributed by atoms with Gasteiger partial charge in [0.05, 0.1) is 30.3 Å². The van der Waals surface area contributed by atoms with Gasteiger partial charge in [0.15, 0.2) is 11.6 Å². The number of amides is 1. The molecular weight excluding hydrogens is 494 g/mol. The second kappa shape index (κ2) is 12.6. The Balaban J connectivity index is 1.82. The van der Waals surface area contributed by atoms with Crippen molar-refractivity contribution in [2.75, 3.05) is 26.3 Å². The van der Waals surface area contributed by atoms with Gasteiger partial charge < -0.3 is 19.9 Å². The van der Waals surface area contributed by atoms with Gasteiger partial charge in [0.2, 0.25) is 10.0 Å². The van der Waals surface area contributed by atoms with Crippen LogP contribution in [0.5, 0.6) is 0 Å². The molecule has 0 bridgehead atoms. The largest absolute Gasteiger partial charge is 0.444 e. The highest BCUT2D eigenvalue weighted by Crippen LogP contribution is 2.21. The van der Waals surface area contributed by atoms with Crippen molar-refractivity contribution in [3.8, 4) is 0 Å². The van der Waals surface area contributed by atoms with Gasteiger partial charge in [-0.3, -0.25) is 0 Å². The van der Waals surface area contributed by atoms with Crippen molar-refractivity contribution in [3.05, 3.63) is 65.7 Å². The molecule has 1 heterocycles. The summed E-state index contributed by atoms with van der Waals surface area (Å²) in [6.07, 6.45) is -1.71. The van der Waals surface area contributed by atoms with Crippen LogP contribution in [0.3, 0.4) is 0 Å². The number of ether oxygens (including phenoxy) is 2. The quantitative estimate of drug-likeness (QED) is 0.466. The van der Waals surface area contributed by atoms with Crippen molar-refractivity contribution in [2.45, 2.75) is 49.8 Å². The molecule has 0 spiro atoms. The molecule has 8 nitrogen and oxygen atoms in total. The molecule has 1 saturated heterocycles. The van der Waals surface area contributed by atoms with Gasteiger partial charge in [0.1, 0.15) is 6.10 Å². The normalized spacial score (nSPS) is 17.8. The van der Waals surface area contributed by atoms with E-state index in [0.29, 0.717) is 19.1 Å². The minimum absolute atomic E-state index is 0.0142. The van der Waals surface area contributed by atoms with E-state index < -0.39 is 50.9 Å². The maximum absolute atomic E-state index is 13.8. The Morgan fingerprint density at radius 1 is 1.17 bits per heavy atom. The Morgan fingerprint density at radius 2 is 1.89 bits per heavy atom. The van der Waals surface area contributed by atoms with Crippen LogP contribution in [0.4, 0.5) is 13.6 Å². The molecule has 0 radical (unpaired) electrons. The fourth-order valence-electron chi connectivity index (χ4n) is 3.89. The lowest BCUT2D eigenvalue weighted by atomic mass is 10.0. The standard InChI is InChI=1S/C25H32F2N2O6S/c1-17(2)14-29(36(32,33)20-8-9-21(26)22(27)13-20)15-24(30)23(12-18-6-4-3-5-7-18)28-25(31)35-19-10-11-34-16-19/h3-9,13,17,19,23-24,30H,10-12,14-16H2,1-2H3,(H,28,31)/t19-,23-,24+/m0/s1. The van der Waals surface area contributed by atoms with Crippen LogP contribution < -0.4 is 5.32 Å². The van der Waals surface area contributed by atoms with E-state index in [2.05, 4.69) is 5.32 Å². The van der Waals surface area contributed by atoms with Crippen molar-refractivity contribution in [1.29, 1.82) is 0 Å². The van der Waals surface area contributed by atoms with Crippen LogP contribution in [0.25, 0.3) is 0 Å². The number of hydrogen-bond acceptors (Lipinski definition) is 6. The third kappa shape index (κ3) is 7.70. The van der Waals surface area contributed by atoms with Gasteiger partial charge in [0.25, 0.3) is 0 Å². The maximum atomic E-state index is 13.8. The molecule has 0 unspecified atom stereocenters. The van der Waals surface area contributed by atoms with Crippen LogP contribution in [-0.2, 0) is 25.9 Å². The number of sulfonamides is 1. The number of benzene rings is 2. The van der Waals surface area contributed by atoms with Gasteiger partial charge in [-0.25, -0.2) is 22.0 Å². The highest BCUT2D eigenvalue weighted by molar-refractivity contribution is 7.89. The lowest BCUT2D eigenvalue weighted by Crippen LogP contribution is -2.51. The van der Waals surface area contributed by atoms with Crippen LogP contribution in [-0.4, -0.2) is 68.5 Å². The van der Waals surface area contributed by atoms with Crippen LogP contribution in [0, 0.1) is 17.6 Å². The number of nitrogens with zero attached hydrogens (tertiary/aromatic N) is 1. The zero-order valence-corrected chi connectivity index (χ0v) is 21.1. The summed E-state index contributed by atoms with van der Waals surface area (Å²) in [4.78, 5) is 12.1. The predicted octanol–water partition coefficient (Wildman–Crippen LogP) is 3.10. The lowest BCUT2D eigenvalue weighted by Gasteiger charge is -2.30. The van der Waals surface area contributed by atoms with E-state index in [1.165, 1.54) is 0 Å². The first kappa shape index (κ1) is 28.0. The molecule has 36 heavy (non-hydrogen) atoms. The van der Waals surface area contributed by atoms with Crippen LogP contribution in [0.2, 0.25) is 0 Å². The Morgan fingerprint density at radius 3 is 2.50 bits per heavy atom. The number of carbonyl (C=O) groups excluding carboxylic acids is 1. The summed E-state index contributed by atoms with van der Waals surface area (Å²) in [5, 5.41) is 13.8. The maximum Gasteiger partial charge on any atom is 0.407 e. The first-order valence-electron chi connectivity index (χ1n) is 11.8. The minimum Gasteiger partial charge on any atom is -0.444 e. The molecule has 1 fully saturated rings. The molecule has 0 saturated carbocycles. The highest BCUT2D eigenvalue weighted by atomic mass is 32.2. The summed E-state index contributed by atoms with van der Waals surface area (Å²) in [5.74, 6) is -2.59. The average molecular weight is 527 g/mol. The topological polar surface area (TPSA) is 105 Å². The Bertz CT molecular complexity index is 1110. The monoisotopic (exact) mass is 526 g/mol. The van der Waals surface area contributed by atoms with Crippen molar-refractivity contribution < 1.29 is 36.6 Å². The Kier molecular flexibility index (Phi) is 9.77. The molecule has 2 N–H and O–H groups in total. The van der Waals surface area contributed by atoms with Crippen molar-refractivity contribution >= 4 is 16.1 Å². The number of hydrogen-bond donors (Lipinski definition) is 2. The lowest BCUT2D eigenvalue weighted by molar-refractivity contribution is 0.0644. The first-order chi connectivity index (χ1) is 17.1. The van der Waals surface area contributed by atoms with Gasteiger partial charge in [-0.1, -0.05) is 44.2 Å². The molecule has 1 amide bonds. The van der Waals surface area contributed by atoms with E-state index >= 15 is 0 Å². The summed E-state index contributed by atoms with van der Waals surface area (Å²) in [6, 6.07) is 10.5. The number of alkyl carbamates (subject to hydrolysis) is 1. The van der Waals surface area contributed by atoms with E-state index in [1.807, 2.05) is 30.3 Å². The second-order valence-electron chi connectivity index (χ2n) is 9.19. The summed E-state index contributed by atoms with van der Waals surface area (Å²) in [6.45, 7) is 3.99. The number of aliphatic hydroxyl groups excluding tert-OH is 1. The summed E-state index contributed by atoms with van der Waals surface area (Å²) < 4.78 is 65.4. The van der Waals surface area contributed by atoms with Gasteiger partial charge in [-0.2, -0.15) is 4.31 Å². The SMILES string of the molecule is CC(C)CN(C[C@@H](O)[C@H](Cc1ccccc1)NC(=O)O[C@H]1CCOC1)S(=O)(=O)c1ccc(F)c(F)c1. The molecule has 0 aliphatic carbocycles. The number of aliphatic hydroxyl groups is 1. The molecule has 3 atom stereocenters.